The van der Waals surface area contributed by atoms with E-state index >= 15 is 0 Å². The van der Waals surface area contributed by atoms with Gasteiger partial charge in [-0.15, -0.1) is 0 Å². The van der Waals surface area contributed by atoms with Crippen molar-refractivity contribution in [3.8, 4) is 0 Å². The molecule has 1 heterocycles. The number of nitrogens with zero attached hydrogens (tertiary/aromatic N) is 1. The highest BCUT2D eigenvalue weighted by Gasteiger charge is 2.24. The fourth-order valence-corrected chi connectivity index (χ4v) is 4.64. The second-order valence-electron chi connectivity index (χ2n) is 7.79. The van der Waals surface area contributed by atoms with Gasteiger partial charge in [-0.05, 0) is 74.6 Å². The average molecular weight is 385 g/mol. The lowest BCUT2D eigenvalue weighted by atomic mass is 9.81. The molecule has 0 radical (unpaired) electrons. The molecule has 1 aliphatic carbocycles. The first-order valence-electron chi connectivity index (χ1n) is 9.65. The Kier molecular flexibility index (Phi) is 7.44. The Morgan fingerprint density at radius 3 is 2.36 bits per heavy atom. The largest absolute Gasteiger partial charge is 0.393 e. The van der Waals surface area contributed by atoms with E-state index in [-0.39, 0.29) is 6.10 Å². The molecule has 5 heteroatoms. The van der Waals surface area contributed by atoms with Crippen LogP contribution in [0.15, 0.2) is 18.2 Å². The van der Waals surface area contributed by atoms with Gasteiger partial charge < -0.3 is 15.3 Å². The van der Waals surface area contributed by atoms with Gasteiger partial charge in [0.15, 0.2) is 0 Å². The first-order chi connectivity index (χ1) is 12.1. The summed E-state index contributed by atoms with van der Waals surface area (Å²) in [7, 11) is 0. The highest BCUT2D eigenvalue weighted by Crippen LogP contribution is 2.30. The van der Waals surface area contributed by atoms with Crippen molar-refractivity contribution < 1.29 is 5.11 Å². The van der Waals surface area contributed by atoms with E-state index in [1.54, 1.807) is 0 Å². The minimum absolute atomic E-state index is 0.0628. The zero-order valence-electron chi connectivity index (χ0n) is 14.9. The molecule has 25 heavy (non-hydrogen) atoms. The molecule has 3 nitrogen and oxygen atoms in total. The van der Waals surface area contributed by atoms with Crippen LogP contribution in [0.25, 0.3) is 0 Å². The monoisotopic (exact) mass is 384 g/mol. The van der Waals surface area contributed by atoms with Crippen molar-refractivity contribution in [2.75, 3.05) is 26.2 Å². The number of piperidine rings is 1. The molecule has 2 N–H and O–H groups in total. The summed E-state index contributed by atoms with van der Waals surface area (Å²) >= 11 is 12.2. The predicted octanol–water partition coefficient (Wildman–Crippen LogP) is 4.35. The van der Waals surface area contributed by atoms with Crippen LogP contribution in [0.4, 0.5) is 0 Å². The van der Waals surface area contributed by atoms with E-state index in [0.717, 1.165) is 61.4 Å². The Morgan fingerprint density at radius 1 is 1.00 bits per heavy atom. The van der Waals surface area contributed by atoms with Crippen molar-refractivity contribution in [3.63, 3.8) is 0 Å². The molecule has 1 saturated carbocycles. The maximum absolute atomic E-state index is 9.61. The van der Waals surface area contributed by atoms with E-state index in [0.29, 0.717) is 5.02 Å². The maximum atomic E-state index is 9.61. The Labute approximate surface area is 161 Å². The van der Waals surface area contributed by atoms with Gasteiger partial charge in [-0.1, -0.05) is 29.3 Å². The molecule has 1 aromatic rings. The molecule has 0 amide bonds. The molecule has 140 valence electrons. The summed E-state index contributed by atoms with van der Waals surface area (Å²) in [5, 5.41) is 14.6. The first kappa shape index (κ1) is 19.4. The van der Waals surface area contributed by atoms with Gasteiger partial charge in [-0.25, -0.2) is 0 Å². The lowest BCUT2D eigenvalue weighted by Crippen LogP contribution is -2.39. The van der Waals surface area contributed by atoms with Crippen LogP contribution < -0.4 is 5.32 Å². The summed E-state index contributed by atoms with van der Waals surface area (Å²) in [6, 6.07) is 5.71. The molecule has 0 bridgehead atoms. The lowest BCUT2D eigenvalue weighted by molar-refractivity contribution is 0.0687. The van der Waals surface area contributed by atoms with Gasteiger partial charge >= 0.3 is 0 Å². The van der Waals surface area contributed by atoms with Crippen molar-refractivity contribution in [2.45, 2.75) is 51.2 Å². The number of benzene rings is 1. The predicted molar refractivity (Wildman–Crippen MR) is 105 cm³/mol. The second kappa shape index (κ2) is 9.57. The standard InChI is InChI=1S/C20H30Cl2N2O/c21-18-6-5-17(20(22)11-18)13-23-12-15-1-3-16(4-2-15)14-24-9-7-19(25)8-10-24/h5-6,11,15-16,19,23,25H,1-4,7-10,12-14H2. The molecule has 1 aromatic carbocycles. The van der Waals surface area contributed by atoms with E-state index in [1.165, 1.54) is 32.2 Å². The molecular weight excluding hydrogens is 355 g/mol. The molecule has 0 unspecified atom stereocenters. The normalized spacial score (nSPS) is 26.0. The highest BCUT2D eigenvalue weighted by molar-refractivity contribution is 6.35. The van der Waals surface area contributed by atoms with Crippen molar-refractivity contribution >= 4 is 23.2 Å². The van der Waals surface area contributed by atoms with E-state index in [2.05, 4.69) is 10.2 Å². The third kappa shape index (κ3) is 6.11. The van der Waals surface area contributed by atoms with Crippen LogP contribution in [0.2, 0.25) is 10.0 Å². The molecule has 1 aliphatic heterocycles. The number of nitrogens with one attached hydrogen (secondary N) is 1. The summed E-state index contributed by atoms with van der Waals surface area (Å²) in [4.78, 5) is 2.55. The zero-order valence-corrected chi connectivity index (χ0v) is 16.4. The van der Waals surface area contributed by atoms with Gasteiger partial charge in [0.2, 0.25) is 0 Å². The molecule has 0 atom stereocenters. The average Bonchev–Trinajstić information content (AvgIpc) is 2.60. The minimum Gasteiger partial charge on any atom is -0.393 e. The van der Waals surface area contributed by atoms with Gasteiger partial charge in [0.25, 0.3) is 0 Å². The molecule has 3 rings (SSSR count). The van der Waals surface area contributed by atoms with Crippen LogP contribution in [-0.2, 0) is 6.54 Å². The number of aliphatic hydroxyl groups excluding tert-OH is 1. The number of hydrogen-bond acceptors (Lipinski definition) is 3. The van der Waals surface area contributed by atoms with Crippen molar-refractivity contribution in [3.05, 3.63) is 33.8 Å². The summed E-state index contributed by atoms with van der Waals surface area (Å²) < 4.78 is 0. The van der Waals surface area contributed by atoms with Crippen LogP contribution in [0, 0.1) is 11.8 Å². The smallest absolute Gasteiger partial charge is 0.0564 e. The van der Waals surface area contributed by atoms with Crippen molar-refractivity contribution in [2.24, 2.45) is 11.8 Å². The third-order valence-electron chi connectivity index (χ3n) is 5.80. The summed E-state index contributed by atoms with van der Waals surface area (Å²) in [6.45, 7) is 5.26. The number of aliphatic hydroxyl groups is 1. The Bertz CT molecular complexity index is 538. The lowest BCUT2D eigenvalue weighted by Gasteiger charge is -2.35. The molecular formula is C20H30Cl2N2O. The van der Waals surface area contributed by atoms with Gasteiger partial charge in [0, 0.05) is 36.2 Å². The number of likely N-dealkylation sites (tertiary alicyclic amines) is 1. The van der Waals surface area contributed by atoms with Crippen LogP contribution in [-0.4, -0.2) is 42.3 Å². The summed E-state index contributed by atoms with van der Waals surface area (Å²) in [5.41, 5.74) is 1.12. The van der Waals surface area contributed by atoms with Crippen molar-refractivity contribution in [1.29, 1.82) is 0 Å². The Morgan fingerprint density at radius 2 is 1.68 bits per heavy atom. The maximum Gasteiger partial charge on any atom is 0.0564 e. The summed E-state index contributed by atoms with van der Waals surface area (Å²) in [6.07, 6.45) is 7.16. The third-order valence-corrected chi connectivity index (χ3v) is 6.39. The quantitative estimate of drug-likeness (QED) is 0.765. The van der Waals surface area contributed by atoms with Crippen LogP contribution in [0.1, 0.15) is 44.1 Å². The second-order valence-corrected chi connectivity index (χ2v) is 8.63. The first-order valence-corrected chi connectivity index (χ1v) is 10.4. The number of hydrogen-bond donors (Lipinski definition) is 2. The van der Waals surface area contributed by atoms with E-state index in [1.807, 2.05) is 18.2 Å². The number of rotatable bonds is 6. The van der Waals surface area contributed by atoms with Gasteiger partial charge in [0.05, 0.1) is 6.10 Å². The van der Waals surface area contributed by atoms with E-state index < -0.39 is 0 Å². The van der Waals surface area contributed by atoms with Crippen molar-refractivity contribution in [1.82, 2.24) is 10.2 Å². The van der Waals surface area contributed by atoms with Gasteiger partial charge in [-0.3, -0.25) is 0 Å². The minimum atomic E-state index is -0.0628. The van der Waals surface area contributed by atoms with Crippen LogP contribution in [0.5, 0.6) is 0 Å². The molecule has 0 spiro atoms. The summed E-state index contributed by atoms with van der Waals surface area (Å²) in [5.74, 6) is 1.63. The highest BCUT2D eigenvalue weighted by atomic mass is 35.5. The molecule has 2 fully saturated rings. The van der Waals surface area contributed by atoms with Gasteiger partial charge in [-0.2, -0.15) is 0 Å². The van der Waals surface area contributed by atoms with Crippen LogP contribution >= 0.6 is 23.2 Å². The zero-order chi connectivity index (χ0) is 17.6. The van der Waals surface area contributed by atoms with Crippen LogP contribution in [0.3, 0.4) is 0 Å². The molecule has 0 aromatic heterocycles. The molecule has 2 aliphatic rings. The van der Waals surface area contributed by atoms with E-state index in [4.69, 9.17) is 23.2 Å². The number of halogens is 2. The van der Waals surface area contributed by atoms with Gasteiger partial charge in [0.1, 0.15) is 0 Å². The Hall–Kier alpha value is -0.320. The van der Waals surface area contributed by atoms with E-state index in [9.17, 15) is 5.11 Å². The Balaban J connectivity index is 1.32. The fraction of sp³-hybridized carbons (Fsp3) is 0.700. The topological polar surface area (TPSA) is 35.5 Å². The molecule has 1 saturated heterocycles. The SMILES string of the molecule is OC1CCN(CC2CCC(CNCc3ccc(Cl)cc3Cl)CC2)CC1. The fourth-order valence-electron chi connectivity index (χ4n) is 4.16.